The number of ether oxygens (including phenoxy) is 8. The summed E-state index contributed by atoms with van der Waals surface area (Å²) in [6.07, 6.45) is 3.50. The molecule has 480 valence electrons. The number of ketones is 2. The molecule has 0 radical (unpaired) electrons. The van der Waals surface area contributed by atoms with Crippen molar-refractivity contribution in [1.82, 2.24) is 30.0 Å². The summed E-state index contributed by atoms with van der Waals surface area (Å²) in [5.41, 5.74) is 4.07. The van der Waals surface area contributed by atoms with E-state index in [1.54, 1.807) is 58.2 Å². The minimum absolute atomic E-state index is 0.0766. The van der Waals surface area contributed by atoms with Gasteiger partial charge in [0.25, 0.3) is 0 Å². The number of aromatic nitrogens is 6. The number of fused-ring (bicyclic) bond motifs is 6. The Labute approximate surface area is 552 Å². The number of carbonyl (C=O) groups is 4. The second kappa shape index (κ2) is 26.2. The van der Waals surface area contributed by atoms with E-state index < -0.39 is 17.7 Å². The summed E-state index contributed by atoms with van der Waals surface area (Å²) >= 11 is 5.87. The topological polar surface area (TPSA) is 204 Å². The second-order valence-electron chi connectivity index (χ2n) is 26.6. The average molecular weight is 1320 g/mol. The monoisotopic (exact) mass is 1320 g/mol. The van der Waals surface area contributed by atoms with Crippen molar-refractivity contribution >= 4 is 70.6 Å². The van der Waals surface area contributed by atoms with Crippen LogP contribution in [0.3, 0.4) is 0 Å². The minimum Gasteiger partial charge on any atom is -0.489 e. The van der Waals surface area contributed by atoms with E-state index in [-0.39, 0.29) is 114 Å². The van der Waals surface area contributed by atoms with Crippen molar-refractivity contribution in [3.8, 4) is 34.5 Å². The van der Waals surface area contributed by atoms with Gasteiger partial charge in [-0.2, -0.15) is 0 Å². The molecule has 22 heteroatoms. The Morgan fingerprint density at radius 1 is 0.467 bits per heavy atom. The number of rotatable bonds is 6. The molecule has 0 unspecified atom stereocenters. The summed E-state index contributed by atoms with van der Waals surface area (Å²) < 4.78 is 54.3. The summed E-state index contributed by atoms with van der Waals surface area (Å²) in [5, 5.41) is 17.9. The van der Waals surface area contributed by atoms with Gasteiger partial charge < -0.3 is 37.9 Å². The summed E-state index contributed by atoms with van der Waals surface area (Å²) in [5.74, 6) is 0.560. The van der Waals surface area contributed by atoms with Gasteiger partial charge in [-0.1, -0.05) is 165 Å². The summed E-state index contributed by atoms with van der Waals surface area (Å²) in [4.78, 5) is 61.3. The zero-order chi connectivity index (χ0) is 65.6. The van der Waals surface area contributed by atoms with Gasteiger partial charge in [0.2, 0.25) is 5.78 Å². The SMILES string of the molecule is COC(=O)COc1c2cc(C(C)(C)C)cc1Sc1cc(C(C)(C)C)cc3c1OCCn1cc(nn1)COc1cccc4c1C(=O)c1c(cccc1C4=O)OCc1cn(nn1)CCOc1c(cc(C(C)(C)C)cc1Sc1cc(C(C)(C)C)cc(c1OCC(=O)OC)S3)S2. The zero-order valence-electron chi connectivity index (χ0n) is 54.1. The predicted molar refractivity (Wildman–Crippen MR) is 352 cm³/mol. The predicted octanol–water partition coefficient (Wildman–Crippen LogP) is 14.5. The quantitative estimate of drug-likeness (QED) is 0.142. The van der Waals surface area contributed by atoms with E-state index in [1.165, 1.54) is 61.3 Å². The lowest BCUT2D eigenvalue weighted by atomic mass is 9.83. The summed E-state index contributed by atoms with van der Waals surface area (Å²) in [7, 11) is 2.68. The van der Waals surface area contributed by atoms with Crippen LogP contribution in [0.25, 0.3) is 0 Å². The van der Waals surface area contributed by atoms with Gasteiger partial charge in [-0.05, 0) is 105 Å². The molecule has 4 aliphatic rings. The summed E-state index contributed by atoms with van der Waals surface area (Å²) in [6.45, 7) is 25.8. The van der Waals surface area contributed by atoms with Crippen molar-refractivity contribution in [2.45, 2.75) is 170 Å². The lowest BCUT2D eigenvalue weighted by molar-refractivity contribution is -0.143. The van der Waals surface area contributed by atoms with Gasteiger partial charge in [-0.25, -0.2) is 19.0 Å². The maximum Gasteiger partial charge on any atom is 0.343 e. The molecule has 1 aliphatic carbocycles. The molecule has 92 heavy (non-hydrogen) atoms. The fraction of sp³-hybridized carbons (Fsp3) is 0.371. The second-order valence-corrected chi connectivity index (χ2v) is 30.9. The first-order valence-corrected chi connectivity index (χ1v) is 33.4. The third-order valence-electron chi connectivity index (χ3n) is 15.6. The van der Waals surface area contributed by atoms with Crippen LogP contribution in [-0.2, 0) is 67.0 Å². The lowest BCUT2D eigenvalue weighted by Gasteiger charge is -2.28. The molecule has 3 aliphatic heterocycles. The van der Waals surface area contributed by atoms with Crippen molar-refractivity contribution in [2.75, 3.05) is 40.6 Å². The molecule has 0 atom stereocenters. The number of benzene rings is 6. The number of hydrogen-bond donors (Lipinski definition) is 0. The maximum atomic E-state index is 14.7. The molecule has 2 aromatic heterocycles. The van der Waals surface area contributed by atoms with Crippen molar-refractivity contribution in [3.05, 3.63) is 153 Å². The van der Waals surface area contributed by atoms with E-state index in [4.69, 9.17) is 37.9 Å². The number of hydrogen-bond acceptors (Lipinski definition) is 20. The van der Waals surface area contributed by atoms with Crippen LogP contribution in [0.1, 0.15) is 149 Å². The van der Waals surface area contributed by atoms with Crippen LogP contribution in [0, 0.1) is 0 Å². The molecule has 0 saturated heterocycles. The van der Waals surface area contributed by atoms with Crippen LogP contribution in [0.5, 0.6) is 34.5 Å². The van der Waals surface area contributed by atoms with Crippen LogP contribution in [-0.4, -0.2) is 94.1 Å². The van der Waals surface area contributed by atoms with Gasteiger partial charge in [-0.15, -0.1) is 10.2 Å². The Balaban J connectivity index is 1.16. The highest BCUT2D eigenvalue weighted by molar-refractivity contribution is 8.01. The van der Waals surface area contributed by atoms with Crippen molar-refractivity contribution in [1.29, 1.82) is 0 Å². The van der Waals surface area contributed by atoms with Crippen LogP contribution in [0.15, 0.2) is 136 Å². The standard InChI is InChI=1S/C70H74N6O12S4/c1-67(2,3)39-25-49-63-50(26-39)90-54-30-42(70(10,11)12)32-56(66(54)88-38-58(78)82-14)92-52-28-40(68(4,5)6)27-51(91-55-31-41(69(7,8)9)29-53(89-49)65(55)87-37-57(77)81-13)64(52)84-24-22-76-34-44(72-74-76)36-86-48-20-16-18-46-60(48)62(80)59-45(61(46)79)17-15-19-47(59)85-35-43-33-75(73-71-43)21-23-83-63/h15-20,25-34H,21-24,35-38H2,1-14H3. The molecule has 0 N–H and O–H groups in total. The fourth-order valence-electron chi connectivity index (χ4n) is 10.3. The van der Waals surface area contributed by atoms with Crippen LogP contribution in [0.4, 0.5) is 0 Å². The van der Waals surface area contributed by atoms with Crippen molar-refractivity contribution in [2.24, 2.45) is 0 Å². The maximum absolute atomic E-state index is 14.7. The molecule has 8 aromatic rings. The molecule has 0 fully saturated rings. The van der Waals surface area contributed by atoms with E-state index in [0.717, 1.165) is 41.8 Å². The van der Waals surface area contributed by atoms with E-state index in [0.29, 0.717) is 54.0 Å². The molecule has 18 nitrogen and oxygen atoms in total. The third-order valence-corrected chi connectivity index (χ3v) is 19.8. The van der Waals surface area contributed by atoms with Gasteiger partial charge >= 0.3 is 11.9 Å². The van der Waals surface area contributed by atoms with E-state index in [2.05, 4.69) is 152 Å². The molecule has 12 rings (SSSR count). The highest BCUT2D eigenvalue weighted by Crippen LogP contribution is 2.57. The minimum atomic E-state index is -0.553. The highest BCUT2D eigenvalue weighted by Gasteiger charge is 2.36. The fourth-order valence-corrected chi connectivity index (χ4v) is 15.1. The van der Waals surface area contributed by atoms with Gasteiger partial charge in [-0.3, -0.25) is 9.59 Å². The Morgan fingerprint density at radius 2 is 0.793 bits per heavy atom. The van der Waals surface area contributed by atoms with Crippen LogP contribution >= 0.6 is 47.0 Å². The number of carbonyl (C=O) groups excluding carboxylic acids is 4. The molecule has 5 heterocycles. The average Bonchev–Trinajstić information content (AvgIpc) is 0.822. The van der Waals surface area contributed by atoms with Crippen molar-refractivity contribution < 1.29 is 57.1 Å². The highest BCUT2D eigenvalue weighted by atomic mass is 32.2. The van der Waals surface area contributed by atoms with Gasteiger partial charge in [0.1, 0.15) is 72.3 Å². The van der Waals surface area contributed by atoms with Gasteiger partial charge in [0.05, 0.1) is 90.0 Å². The third kappa shape index (κ3) is 14.3. The van der Waals surface area contributed by atoms with Crippen LogP contribution in [0.2, 0.25) is 0 Å². The van der Waals surface area contributed by atoms with Crippen LogP contribution < -0.4 is 28.4 Å². The van der Waals surface area contributed by atoms with Gasteiger partial charge in [0, 0.05) is 11.1 Å². The molecular formula is C70H74N6O12S4. The smallest absolute Gasteiger partial charge is 0.343 e. The Kier molecular flexibility index (Phi) is 18.7. The van der Waals surface area contributed by atoms with E-state index in [1.807, 2.05) is 0 Å². The first-order valence-electron chi connectivity index (χ1n) is 30.1. The number of methoxy groups -OCH3 is 2. The molecule has 16 bridgehead atoms. The molecular weight excluding hydrogens is 1250 g/mol. The Hall–Kier alpha value is -7.92. The lowest BCUT2D eigenvalue weighted by Crippen LogP contribution is -2.23. The summed E-state index contributed by atoms with van der Waals surface area (Å²) in [6, 6.07) is 27.0. The van der Waals surface area contributed by atoms with Crippen molar-refractivity contribution in [3.63, 3.8) is 0 Å². The number of esters is 2. The zero-order valence-corrected chi connectivity index (χ0v) is 57.4. The molecule has 6 aromatic carbocycles. The largest absolute Gasteiger partial charge is 0.489 e. The van der Waals surface area contributed by atoms with E-state index in [9.17, 15) is 19.2 Å². The van der Waals surface area contributed by atoms with E-state index >= 15 is 0 Å². The molecule has 0 spiro atoms. The van der Waals surface area contributed by atoms with Gasteiger partial charge in [0.15, 0.2) is 19.0 Å². The molecule has 0 saturated carbocycles. The molecule has 0 amide bonds. The first kappa shape index (κ1) is 65.6. The Bertz CT molecular complexity index is 3850. The number of nitrogens with zero attached hydrogens (tertiary/aromatic N) is 6. The normalized spacial score (nSPS) is 14.5. The Morgan fingerprint density at radius 3 is 1.11 bits per heavy atom. The first-order chi connectivity index (χ1) is 43.6.